The van der Waals surface area contributed by atoms with Gasteiger partial charge in [-0.05, 0) is 12.1 Å². The van der Waals surface area contributed by atoms with Crippen molar-refractivity contribution in [1.29, 1.82) is 0 Å². The molecule has 1 aliphatic heterocycles. The van der Waals surface area contributed by atoms with E-state index in [0.717, 1.165) is 6.07 Å². The lowest BCUT2D eigenvalue weighted by atomic mass is 9.99. The number of methoxy groups -OCH3 is 1. The summed E-state index contributed by atoms with van der Waals surface area (Å²) in [6, 6.07) is 3.99. The maximum atomic E-state index is 11.5. The van der Waals surface area contributed by atoms with Gasteiger partial charge in [0.25, 0.3) is 0 Å². The Labute approximate surface area is 151 Å². The molecule has 1 saturated heterocycles. The first kappa shape index (κ1) is 20.9. The minimum atomic E-state index is -1.70. The van der Waals surface area contributed by atoms with Crippen LogP contribution in [0, 0.1) is 0 Å². The Hall–Kier alpha value is -2.41. The Balaban J connectivity index is 0.00000261. The van der Waals surface area contributed by atoms with Crippen molar-refractivity contribution in [3.8, 4) is 17.2 Å². The Bertz CT molecular complexity index is 846. The number of phenolic OH excluding ortho intramolecular Hbond substituents is 1. The highest BCUT2D eigenvalue weighted by Crippen LogP contribution is 2.43. The quantitative estimate of drug-likeness (QED) is 0.361. The van der Waals surface area contributed by atoms with Crippen molar-refractivity contribution in [3.05, 3.63) is 28.6 Å². The van der Waals surface area contributed by atoms with E-state index < -0.39 is 48.7 Å². The molecule has 7 N–H and O–H groups in total. The van der Waals surface area contributed by atoms with Gasteiger partial charge in [0.05, 0.1) is 13.7 Å². The first-order valence-electron chi connectivity index (χ1n) is 7.68. The maximum Gasteiger partial charge on any atom is 0.336 e. The summed E-state index contributed by atoms with van der Waals surface area (Å²) in [5.74, 6) is -0.876. The van der Waals surface area contributed by atoms with Crippen LogP contribution in [0.5, 0.6) is 17.2 Å². The number of phenols is 1. The molecule has 0 spiro atoms. The lowest BCUT2D eigenvalue weighted by Crippen LogP contribution is -2.60. The van der Waals surface area contributed by atoms with E-state index in [1.54, 1.807) is 0 Å². The minimum absolute atomic E-state index is 0. The third-order valence-electron chi connectivity index (χ3n) is 4.11. The molecule has 11 nitrogen and oxygen atoms in total. The molecular formula is C16H20O11. The van der Waals surface area contributed by atoms with E-state index in [0.29, 0.717) is 5.39 Å². The van der Waals surface area contributed by atoms with Gasteiger partial charge in [-0.2, -0.15) is 0 Å². The van der Waals surface area contributed by atoms with E-state index in [1.807, 2.05) is 0 Å². The molecular weight excluding hydrogens is 368 g/mol. The fourth-order valence-electron chi connectivity index (χ4n) is 2.69. The van der Waals surface area contributed by atoms with Crippen LogP contribution < -0.4 is 15.1 Å². The van der Waals surface area contributed by atoms with Gasteiger partial charge in [-0.3, -0.25) is 0 Å². The summed E-state index contributed by atoms with van der Waals surface area (Å²) in [7, 11) is 1.30. The van der Waals surface area contributed by atoms with E-state index in [4.69, 9.17) is 18.6 Å². The molecule has 1 aromatic heterocycles. The highest BCUT2D eigenvalue weighted by molar-refractivity contribution is 5.87. The summed E-state index contributed by atoms with van der Waals surface area (Å²) in [5, 5.41) is 49.6. The summed E-state index contributed by atoms with van der Waals surface area (Å²) in [6.07, 6.45) is -7.72. The molecule has 0 aliphatic carbocycles. The van der Waals surface area contributed by atoms with Crippen LogP contribution >= 0.6 is 0 Å². The minimum Gasteiger partial charge on any atom is -0.502 e. The van der Waals surface area contributed by atoms with Crippen LogP contribution in [0.1, 0.15) is 0 Å². The summed E-state index contributed by atoms with van der Waals surface area (Å²) in [5.41, 5.74) is -0.839. The van der Waals surface area contributed by atoms with Crippen molar-refractivity contribution in [2.75, 3.05) is 13.7 Å². The van der Waals surface area contributed by atoms with Crippen LogP contribution in [0.3, 0.4) is 0 Å². The summed E-state index contributed by atoms with van der Waals surface area (Å²) < 4.78 is 20.8. The third-order valence-corrected chi connectivity index (χ3v) is 4.11. The molecule has 5 atom stereocenters. The number of hydrogen-bond acceptors (Lipinski definition) is 10. The van der Waals surface area contributed by atoms with Gasteiger partial charge >= 0.3 is 5.63 Å². The van der Waals surface area contributed by atoms with Crippen molar-refractivity contribution in [1.82, 2.24) is 0 Å². The molecule has 1 fully saturated rings. The average Bonchev–Trinajstić information content (AvgIpc) is 2.64. The first-order chi connectivity index (χ1) is 12.4. The van der Waals surface area contributed by atoms with E-state index in [2.05, 4.69) is 0 Å². The lowest BCUT2D eigenvalue weighted by Gasteiger charge is -2.39. The van der Waals surface area contributed by atoms with Gasteiger partial charge in [-0.15, -0.1) is 0 Å². The van der Waals surface area contributed by atoms with E-state index in [1.165, 1.54) is 19.2 Å². The monoisotopic (exact) mass is 388 g/mol. The average molecular weight is 388 g/mol. The lowest BCUT2D eigenvalue weighted by molar-refractivity contribution is -0.277. The van der Waals surface area contributed by atoms with E-state index in [9.17, 15) is 30.3 Å². The second-order valence-electron chi connectivity index (χ2n) is 5.74. The van der Waals surface area contributed by atoms with Gasteiger partial charge in [0.1, 0.15) is 24.4 Å². The standard InChI is InChI=1S/C16H18O10.H2O/c1-23-7-4-6-2-3-9(18)25-14(6)15(11(7)20)26-16-13(22)12(21)10(19)8(5-17)24-16;/h2-4,8,10,12-13,16-17,19-22H,5H2,1H3;1H2/t8-,10-,12+,13-,16+;/m1./s1. The smallest absolute Gasteiger partial charge is 0.336 e. The second kappa shape index (κ2) is 8.08. The van der Waals surface area contributed by atoms with Crippen molar-refractivity contribution in [3.63, 3.8) is 0 Å². The highest BCUT2D eigenvalue weighted by Gasteiger charge is 2.45. The zero-order valence-electron chi connectivity index (χ0n) is 14.1. The number of aromatic hydroxyl groups is 1. The van der Waals surface area contributed by atoms with Crippen LogP contribution in [0.25, 0.3) is 11.0 Å². The zero-order valence-corrected chi connectivity index (χ0v) is 14.1. The molecule has 3 rings (SSSR count). The zero-order chi connectivity index (χ0) is 19.0. The molecule has 1 aromatic carbocycles. The number of fused-ring (bicyclic) bond motifs is 1. The molecule has 0 amide bonds. The van der Waals surface area contributed by atoms with Crippen LogP contribution in [-0.2, 0) is 4.74 Å². The molecule has 2 aromatic rings. The predicted octanol–water partition coefficient (Wildman–Crippen LogP) is -2.14. The Kier molecular flexibility index (Phi) is 6.26. The highest BCUT2D eigenvalue weighted by atomic mass is 16.7. The predicted molar refractivity (Wildman–Crippen MR) is 88.7 cm³/mol. The Morgan fingerprint density at radius 1 is 1.15 bits per heavy atom. The Morgan fingerprint density at radius 2 is 1.85 bits per heavy atom. The van der Waals surface area contributed by atoms with Gasteiger partial charge in [-0.1, -0.05) is 0 Å². The fraction of sp³-hybridized carbons (Fsp3) is 0.438. The second-order valence-corrected chi connectivity index (χ2v) is 5.74. The summed E-state index contributed by atoms with van der Waals surface area (Å²) >= 11 is 0. The number of aliphatic hydroxyl groups is 4. The van der Waals surface area contributed by atoms with Crippen molar-refractivity contribution in [2.45, 2.75) is 30.7 Å². The van der Waals surface area contributed by atoms with Crippen LogP contribution in [0.15, 0.2) is 27.4 Å². The summed E-state index contributed by atoms with van der Waals surface area (Å²) in [6.45, 7) is -0.648. The van der Waals surface area contributed by atoms with Crippen molar-refractivity contribution < 1.29 is 49.6 Å². The first-order valence-corrected chi connectivity index (χ1v) is 7.68. The molecule has 150 valence electrons. The molecule has 2 heterocycles. The number of aliphatic hydroxyl groups excluding tert-OH is 4. The van der Waals surface area contributed by atoms with Crippen LogP contribution in [0.4, 0.5) is 0 Å². The van der Waals surface area contributed by atoms with Crippen LogP contribution in [0.2, 0.25) is 0 Å². The van der Waals surface area contributed by atoms with Crippen LogP contribution in [-0.4, -0.2) is 75.4 Å². The Morgan fingerprint density at radius 3 is 2.48 bits per heavy atom. The number of ether oxygens (including phenoxy) is 3. The van der Waals surface area contributed by atoms with Gasteiger partial charge < -0.3 is 49.6 Å². The number of benzene rings is 1. The summed E-state index contributed by atoms with van der Waals surface area (Å²) in [4.78, 5) is 11.5. The third kappa shape index (κ3) is 3.69. The fourth-order valence-corrected chi connectivity index (χ4v) is 2.69. The number of rotatable bonds is 4. The maximum absolute atomic E-state index is 11.5. The SMILES string of the molecule is COc1cc2ccc(=O)oc2c(O[C@@H]2O[C@H](CO)[C@@H](O)[C@H](O)[C@H]2O)c1O.O. The largest absolute Gasteiger partial charge is 0.502 e. The van der Waals surface area contributed by atoms with Crippen molar-refractivity contribution >= 4 is 11.0 Å². The topological polar surface area (TPSA) is 191 Å². The van der Waals surface area contributed by atoms with Gasteiger partial charge in [0.2, 0.25) is 17.8 Å². The molecule has 0 unspecified atom stereocenters. The molecule has 0 radical (unpaired) electrons. The van der Waals surface area contributed by atoms with Gasteiger partial charge in [-0.25, -0.2) is 4.79 Å². The van der Waals surface area contributed by atoms with E-state index >= 15 is 0 Å². The normalized spacial score (nSPS) is 27.8. The van der Waals surface area contributed by atoms with Crippen molar-refractivity contribution in [2.24, 2.45) is 0 Å². The molecule has 0 bridgehead atoms. The number of hydrogen-bond donors (Lipinski definition) is 5. The van der Waals surface area contributed by atoms with E-state index in [-0.39, 0.29) is 22.6 Å². The van der Waals surface area contributed by atoms with Gasteiger partial charge in [0.15, 0.2) is 11.3 Å². The molecule has 0 saturated carbocycles. The molecule has 11 heteroatoms. The van der Waals surface area contributed by atoms with Gasteiger partial charge in [0, 0.05) is 11.5 Å². The molecule has 27 heavy (non-hydrogen) atoms. The molecule has 1 aliphatic rings.